The fourth-order valence-electron chi connectivity index (χ4n) is 1.34. The Hall–Kier alpha value is -0.870. The van der Waals surface area contributed by atoms with Gasteiger partial charge in [0, 0.05) is 19.9 Å². The monoisotopic (exact) mass is 153 g/mol. The van der Waals surface area contributed by atoms with Gasteiger partial charge in [0.25, 0.3) is 0 Å². The maximum absolute atomic E-state index is 5.60. The van der Waals surface area contributed by atoms with Crippen LogP contribution >= 0.6 is 0 Å². The van der Waals surface area contributed by atoms with Gasteiger partial charge >= 0.3 is 0 Å². The highest BCUT2D eigenvalue weighted by Gasteiger charge is 2.18. The third-order valence-electron chi connectivity index (χ3n) is 1.87. The van der Waals surface area contributed by atoms with Crippen molar-refractivity contribution in [3.05, 3.63) is 17.3 Å². The second kappa shape index (κ2) is 2.32. The summed E-state index contributed by atoms with van der Waals surface area (Å²) in [6, 6.07) is 0. The van der Waals surface area contributed by atoms with Crippen molar-refractivity contribution < 1.29 is 4.42 Å². The van der Waals surface area contributed by atoms with E-state index in [9.17, 15) is 0 Å². The fourth-order valence-corrected chi connectivity index (χ4v) is 1.34. The first-order valence-corrected chi connectivity index (χ1v) is 3.70. The molecule has 0 radical (unpaired) electrons. The molecular weight excluding hydrogens is 142 g/mol. The van der Waals surface area contributed by atoms with E-state index in [1.807, 2.05) is 6.92 Å². The smallest absolute Gasteiger partial charge is 0.191 e. The molecule has 0 aliphatic carbocycles. The van der Waals surface area contributed by atoms with Gasteiger partial charge in [0.2, 0.25) is 0 Å². The van der Waals surface area contributed by atoms with E-state index in [-0.39, 0.29) is 0 Å². The zero-order chi connectivity index (χ0) is 7.84. The normalized spacial score (nSPS) is 18.4. The zero-order valence-corrected chi connectivity index (χ0v) is 6.50. The minimum Gasteiger partial charge on any atom is -0.444 e. The average Bonchev–Trinajstić information content (AvgIpc) is 2.27. The molecule has 1 aromatic heterocycles. The summed E-state index contributed by atoms with van der Waals surface area (Å²) in [5.41, 5.74) is 1.07. The van der Waals surface area contributed by atoms with Gasteiger partial charge < -0.3 is 4.42 Å². The Morgan fingerprint density at radius 2 is 2.45 bits per heavy atom. The van der Waals surface area contributed by atoms with Gasteiger partial charge in [-0.2, -0.15) is 0 Å². The number of nitrogens with two attached hydrogens (primary N) is 1. The number of hydrazine groups is 1. The highest BCUT2D eigenvalue weighted by atomic mass is 16.4. The summed E-state index contributed by atoms with van der Waals surface area (Å²) in [5, 5.41) is 1.74. The highest BCUT2D eigenvalue weighted by Crippen LogP contribution is 2.16. The molecule has 0 fully saturated rings. The minimum atomic E-state index is 0.691. The molecule has 0 unspecified atom stereocenters. The van der Waals surface area contributed by atoms with E-state index in [1.165, 1.54) is 0 Å². The summed E-state index contributed by atoms with van der Waals surface area (Å²) in [5.74, 6) is 7.27. The van der Waals surface area contributed by atoms with Crippen molar-refractivity contribution in [3.8, 4) is 0 Å². The third-order valence-corrected chi connectivity index (χ3v) is 1.87. The van der Waals surface area contributed by atoms with E-state index in [0.29, 0.717) is 6.54 Å². The molecule has 2 N–H and O–H groups in total. The number of hydrogen-bond donors (Lipinski definition) is 1. The molecule has 0 spiro atoms. The molecule has 0 saturated heterocycles. The van der Waals surface area contributed by atoms with Crippen LogP contribution < -0.4 is 5.84 Å². The summed E-state index contributed by atoms with van der Waals surface area (Å²) in [7, 11) is 0. The standard InChI is InChI=1S/C7H11N3O/c1-5-9-6-2-3-10(8)4-7(6)11-5/h2-4,8H2,1H3. The zero-order valence-electron chi connectivity index (χ0n) is 6.50. The predicted molar refractivity (Wildman–Crippen MR) is 39.5 cm³/mol. The van der Waals surface area contributed by atoms with Crippen LogP contribution in [0.4, 0.5) is 0 Å². The van der Waals surface area contributed by atoms with E-state index in [1.54, 1.807) is 5.01 Å². The summed E-state index contributed by atoms with van der Waals surface area (Å²) in [6.45, 7) is 3.42. The van der Waals surface area contributed by atoms with Crippen LogP contribution in [0.1, 0.15) is 17.3 Å². The van der Waals surface area contributed by atoms with Crippen LogP contribution in [0.25, 0.3) is 0 Å². The van der Waals surface area contributed by atoms with Gasteiger partial charge in [-0.3, -0.25) is 5.84 Å². The molecule has 0 amide bonds. The average molecular weight is 153 g/mol. The molecule has 1 aliphatic heterocycles. The maximum atomic E-state index is 5.60. The number of hydrogen-bond acceptors (Lipinski definition) is 4. The highest BCUT2D eigenvalue weighted by molar-refractivity contribution is 5.12. The summed E-state index contributed by atoms with van der Waals surface area (Å²) < 4.78 is 5.34. The largest absolute Gasteiger partial charge is 0.444 e. The summed E-state index contributed by atoms with van der Waals surface area (Å²) in [4.78, 5) is 4.24. The van der Waals surface area contributed by atoms with Crippen LogP contribution in [0.3, 0.4) is 0 Å². The number of oxazole rings is 1. The van der Waals surface area contributed by atoms with Crippen molar-refractivity contribution in [2.24, 2.45) is 5.84 Å². The third kappa shape index (κ3) is 1.15. The van der Waals surface area contributed by atoms with Crippen molar-refractivity contribution in [2.75, 3.05) is 6.54 Å². The SMILES string of the molecule is Cc1nc2c(o1)CN(N)CC2. The molecule has 4 heteroatoms. The molecule has 0 aromatic carbocycles. The second-order valence-corrected chi connectivity index (χ2v) is 2.82. The molecule has 11 heavy (non-hydrogen) atoms. The quantitative estimate of drug-likeness (QED) is 0.541. The van der Waals surface area contributed by atoms with Crippen LogP contribution in [0.2, 0.25) is 0 Å². The molecule has 2 rings (SSSR count). The van der Waals surface area contributed by atoms with Crippen molar-refractivity contribution in [2.45, 2.75) is 19.9 Å². The van der Waals surface area contributed by atoms with Gasteiger partial charge in [-0.1, -0.05) is 0 Å². The lowest BCUT2D eigenvalue weighted by Gasteiger charge is -2.18. The van der Waals surface area contributed by atoms with Gasteiger partial charge in [-0.05, 0) is 0 Å². The number of fused-ring (bicyclic) bond motifs is 1. The molecule has 4 nitrogen and oxygen atoms in total. The van der Waals surface area contributed by atoms with E-state index in [0.717, 1.165) is 30.3 Å². The number of aryl methyl sites for hydroxylation is 1. The Morgan fingerprint density at radius 3 is 3.27 bits per heavy atom. The van der Waals surface area contributed by atoms with E-state index >= 15 is 0 Å². The fraction of sp³-hybridized carbons (Fsp3) is 0.571. The predicted octanol–water partition coefficient (Wildman–Crippen LogP) is 0.215. The maximum Gasteiger partial charge on any atom is 0.191 e. The Morgan fingerprint density at radius 1 is 1.64 bits per heavy atom. The number of nitrogens with zero attached hydrogens (tertiary/aromatic N) is 2. The van der Waals surface area contributed by atoms with Crippen molar-refractivity contribution in [1.82, 2.24) is 9.99 Å². The summed E-state index contributed by atoms with van der Waals surface area (Å²) >= 11 is 0. The van der Waals surface area contributed by atoms with Gasteiger partial charge in [0.15, 0.2) is 5.89 Å². The van der Waals surface area contributed by atoms with Crippen LogP contribution in [0, 0.1) is 6.92 Å². The van der Waals surface area contributed by atoms with Gasteiger partial charge in [0.1, 0.15) is 5.76 Å². The lowest BCUT2D eigenvalue weighted by atomic mass is 10.2. The molecule has 60 valence electrons. The number of aromatic nitrogens is 1. The Balaban J connectivity index is 2.34. The molecule has 0 atom stereocenters. The lowest BCUT2D eigenvalue weighted by Crippen LogP contribution is -2.35. The molecule has 1 aromatic rings. The molecule has 0 saturated carbocycles. The Kier molecular flexibility index (Phi) is 1.44. The molecular formula is C7H11N3O. The van der Waals surface area contributed by atoms with Crippen molar-refractivity contribution >= 4 is 0 Å². The van der Waals surface area contributed by atoms with Crippen LogP contribution in [0.15, 0.2) is 4.42 Å². The first-order valence-electron chi connectivity index (χ1n) is 3.70. The lowest BCUT2D eigenvalue weighted by molar-refractivity contribution is 0.234. The number of rotatable bonds is 0. The Labute approximate surface area is 65.0 Å². The Bertz CT molecular complexity index is 269. The van der Waals surface area contributed by atoms with E-state index in [4.69, 9.17) is 10.3 Å². The van der Waals surface area contributed by atoms with E-state index < -0.39 is 0 Å². The molecule has 1 aliphatic rings. The van der Waals surface area contributed by atoms with Gasteiger partial charge in [-0.25, -0.2) is 9.99 Å². The van der Waals surface area contributed by atoms with Crippen LogP contribution in [0.5, 0.6) is 0 Å². The first-order chi connectivity index (χ1) is 5.25. The van der Waals surface area contributed by atoms with Crippen molar-refractivity contribution in [3.63, 3.8) is 0 Å². The molecule has 2 heterocycles. The van der Waals surface area contributed by atoms with E-state index in [2.05, 4.69) is 4.98 Å². The van der Waals surface area contributed by atoms with Gasteiger partial charge in [0.05, 0.1) is 12.2 Å². The second-order valence-electron chi connectivity index (χ2n) is 2.82. The minimum absolute atomic E-state index is 0.691. The van der Waals surface area contributed by atoms with Crippen molar-refractivity contribution in [1.29, 1.82) is 0 Å². The topological polar surface area (TPSA) is 55.3 Å². The molecule has 0 bridgehead atoms. The summed E-state index contributed by atoms with van der Waals surface area (Å²) in [6.07, 6.45) is 0.906. The van der Waals surface area contributed by atoms with Gasteiger partial charge in [-0.15, -0.1) is 0 Å². The first kappa shape index (κ1) is 6.82. The van der Waals surface area contributed by atoms with Crippen LogP contribution in [-0.2, 0) is 13.0 Å². The van der Waals surface area contributed by atoms with Crippen LogP contribution in [-0.4, -0.2) is 16.5 Å².